The lowest BCUT2D eigenvalue weighted by atomic mass is 10.1. The molecule has 0 spiro atoms. The van der Waals surface area contributed by atoms with Crippen LogP contribution in [0.3, 0.4) is 0 Å². The van der Waals surface area contributed by atoms with Crippen LogP contribution in [0.25, 0.3) is 0 Å². The van der Waals surface area contributed by atoms with E-state index in [1.54, 1.807) is 39.0 Å². The van der Waals surface area contributed by atoms with Crippen LogP contribution in [0.5, 0.6) is 0 Å². The number of benzene rings is 1. The minimum atomic E-state index is -3.75. The molecule has 1 aromatic heterocycles. The Morgan fingerprint density at radius 2 is 1.90 bits per heavy atom. The van der Waals surface area contributed by atoms with Crippen molar-refractivity contribution in [3.63, 3.8) is 0 Å². The highest BCUT2D eigenvalue weighted by Gasteiger charge is 2.31. The molecule has 0 radical (unpaired) electrons. The van der Waals surface area contributed by atoms with Gasteiger partial charge in [-0.2, -0.15) is 9.40 Å². The highest BCUT2D eigenvalue weighted by atomic mass is 32.2. The van der Waals surface area contributed by atoms with Crippen LogP contribution in [0.15, 0.2) is 29.2 Å². The van der Waals surface area contributed by atoms with Crippen molar-refractivity contribution >= 4 is 10.0 Å². The van der Waals surface area contributed by atoms with Gasteiger partial charge in [-0.05, 0) is 26.8 Å². The summed E-state index contributed by atoms with van der Waals surface area (Å²) >= 11 is 0. The predicted molar refractivity (Wildman–Crippen MR) is 77.8 cm³/mol. The highest BCUT2D eigenvalue weighted by molar-refractivity contribution is 7.89. The van der Waals surface area contributed by atoms with Gasteiger partial charge in [-0.1, -0.05) is 18.2 Å². The number of aromatic amines is 1. The summed E-state index contributed by atoms with van der Waals surface area (Å²) in [6.07, 6.45) is 0. The first-order chi connectivity index (χ1) is 9.76. The average molecular weight is 311 g/mol. The van der Waals surface area contributed by atoms with E-state index in [4.69, 9.17) is 0 Å². The van der Waals surface area contributed by atoms with Crippen LogP contribution in [0.2, 0.25) is 0 Å². The van der Waals surface area contributed by atoms with Crippen molar-refractivity contribution in [2.45, 2.75) is 31.7 Å². The van der Waals surface area contributed by atoms with Gasteiger partial charge in [0.1, 0.15) is 10.7 Å². The zero-order valence-electron chi connectivity index (χ0n) is 12.4. The van der Waals surface area contributed by atoms with E-state index in [-0.39, 0.29) is 4.90 Å². The van der Waals surface area contributed by atoms with E-state index in [0.717, 1.165) is 4.31 Å². The van der Waals surface area contributed by atoms with Crippen LogP contribution in [-0.2, 0) is 10.0 Å². The van der Waals surface area contributed by atoms with Crippen LogP contribution in [0, 0.1) is 19.7 Å². The van der Waals surface area contributed by atoms with Gasteiger partial charge in [-0.3, -0.25) is 5.10 Å². The van der Waals surface area contributed by atoms with Gasteiger partial charge in [0.25, 0.3) is 0 Å². The molecule has 0 aliphatic carbocycles. The molecule has 1 atom stereocenters. The van der Waals surface area contributed by atoms with Gasteiger partial charge in [-0.15, -0.1) is 0 Å². The number of sulfonamides is 1. The standard InChI is InChI=1S/C14H18FN3O2S/c1-9-14(10(2)17-16-9)21(19,20)18(4)11(3)12-7-5-6-8-13(12)15/h5-8,11H,1-4H3,(H,16,17). The number of nitrogens with zero attached hydrogens (tertiary/aromatic N) is 2. The molecule has 0 fully saturated rings. The molecular formula is C14H18FN3O2S. The Kier molecular flexibility index (Phi) is 4.15. The highest BCUT2D eigenvalue weighted by Crippen LogP contribution is 2.29. The molecule has 0 aliphatic heterocycles. The zero-order chi connectivity index (χ0) is 15.8. The van der Waals surface area contributed by atoms with E-state index in [1.165, 1.54) is 13.1 Å². The molecule has 114 valence electrons. The van der Waals surface area contributed by atoms with Crippen molar-refractivity contribution in [2.75, 3.05) is 7.05 Å². The minimum absolute atomic E-state index is 0.146. The lowest BCUT2D eigenvalue weighted by Gasteiger charge is -2.25. The number of rotatable bonds is 4. The van der Waals surface area contributed by atoms with Crippen LogP contribution < -0.4 is 0 Å². The third kappa shape index (κ3) is 2.71. The van der Waals surface area contributed by atoms with Gasteiger partial charge in [0.2, 0.25) is 10.0 Å². The van der Waals surface area contributed by atoms with Crippen LogP contribution >= 0.6 is 0 Å². The fourth-order valence-electron chi connectivity index (χ4n) is 2.28. The molecule has 5 nitrogen and oxygen atoms in total. The Balaban J connectivity index is 2.44. The van der Waals surface area contributed by atoms with Crippen molar-refractivity contribution in [3.05, 3.63) is 47.0 Å². The third-order valence-corrected chi connectivity index (χ3v) is 5.79. The second-order valence-corrected chi connectivity index (χ2v) is 6.92. The molecule has 0 saturated carbocycles. The molecule has 1 heterocycles. The van der Waals surface area contributed by atoms with Crippen molar-refractivity contribution < 1.29 is 12.8 Å². The molecule has 0 bridgehead atoms. The summed E-state index contributed by atoms with van der Waals surface area (Å²) in [6.45, 7) is 4.92. The summed E-state index contributed by atoms with van der Waals surface area (Å²) in [4.78, 5) is 0.146. The van der Waals surface area contributed by atoms with Gasteiger partial charge in [0.15, 0.2) is 0 Å². The predicted octanol–water partition coefficient (Wildman–Crippen LogP) is 2.55. The van der Waals surface area contributed by atoms with Gasteiger partial charge in [0.05, 0.1) is 11.4 Å². The van der Waals surface area contributed by atoms with Gasteiger partial charge in [0, 0.05) is 18.7 Å². The fraction of sp³-hybridized carbons (Fsp3) is 0.357. The van der Waals surface area contributed by atoms with Crippen molar-refractivity contribution in [2.24, 2.45) is 0 Å². The van der Waals surface area contributed by atoms with Crippen molar-refractivity contribution in [1.82, 2.24) is 14.5 Å². The number of hydrogen-bond donors (Lipinski definition) is 1. The van der Waals surface area contributed by atoms with Crippen molar-refractivity contribution in [1.29, 1.82) is 0 Å². The Bertz CT molecular complexity index is 736. The second-order valence-electron chi connectivity index (χ2n) is 4.98. The maximum absolute atomic E-state index is 13.8. The van der Waals surface area contributed by atoms with E-state index >= 15 is 0 Å². The number of aryl methyl sites for hydroxylation is 2. The van der Waals surface area contributed by atoms with E-state index in [1.807, 2.05) is 0 Å². The minimum Gasteiger partial charge on any atom is -0.281 e. The zero-order valence-corrected chi connectivity index (χ0v) is 13.2. The number of nitrogens with one attached hydrogen (secondary N) is 1. The summed E-state index contributed by atoms with van der Waals surface area (Å²) in [5.74, 6) is -0.423. The second kappa shape index (κ2) is 5.57. The molecule has 7 heteroatoms. The number of hydrogen-bond acceptors (Lipinski definition) is 3. The summed E-state index contributed by atoms with van der Waals surface area (Å²) in [6, 6.07) is 5.54. The van der Waals surface area contributed by atoms with E-state index in [2.05, 4.69) is 10.2 Å². The summed E-state index contributed by atoms with van der Waals surface area (Å²) in [7, 11) is -2.31. The Labute approximate surface area is 123 Å². The molecule has 2 rings (SSSR count). The Morgan fingerprint density at radius 3 is 2.43 bits per heavy atom. The molecular weight excluding hydrogens is 293 g/mol. The van der Waals surface area contributed by atoms with Crippen LogP contribution in [-0.4, -0.2) is 30.0 Å². The largest absolute Gasteiger partial charge is 0.281 e. The summed E-state index contributed by atoms with van der Waals surface area (Å²) < 4.78 is 40.4. The maximum atomic E-state index is 13.8. The lowest BCUT2D eigenvalue weighted by molar-refractivity contribution is 0.387. The van der Waals surface area contributed by atoms with E-state index in [9.17, 15) is 12.8 Å². The van der Waals surface area contributed by atoms with E-state index < -0.39 is 21.9 Å². The lowest BCUT2D eigenvalue weighted by Crippen LogP contribution is -2.31. The first kappa shape index (κ1) is 15.7. The molecule has 21 heavy (non-hydrogen) atoms. The average Bonchev–Trinajstić information content (AvgIpc) is 2.77. The van der Waals surface area contributed by atoms with Crippen LogP contribution in [0.1, 0.15) is 29.9 Å². The molecule has 0 amide bonds. The third-order valence-electron chi connectivity index (χ3n) is 3.60. The quantitative estimate of drug-likeness (QED) is 0.943. The Hall–Kier alpha value is -1.73. The van der Waals surface area contributed by atoms with Gasteiger partial charge < -0.3 is 0 Å². The fourth-order valence-corrected chi connectivity index (χ4v) is 3.95. The summed E-state index contributed by atoms with van der Waals surface area (Å²) in [5.41, 5.74) is 1.21. The maximum Gasteiger partial charge on any atom is 0.247 e. The van der Waals surface area contributed by atoms with E-state index in [0.29, 0.717) is 17.0 Å². The van der Waals surface area contributed by atoms with Gasteiger partial charge >= 0.3 is 0 Å². The normalized spacial score (nSPS) is 13.6. The monoisotopic (exact) mass is 311 g/mol. The molecule has 2 aromatic rings. The van der Waals surface area contributed by atoms with Gasteiger partial charge in [-0.25, -0.2) is 12.8 Å². The number of aromatic nitrogens is 2. The molecule has 1 unspecified atom stereocenters. The Morgan fingerprint density at radius 1 is 1.29 bits per heavy atom. The summed E-state index contributed by atoms with van der Waals surface area (Å²) in [5, 5.41) is 6.57. The molecule has 0 aliphatic rings. The SMILES string of the molecule is Cc1n[nH]c(C)c1S(=O)(=O)N(C)C(C)c1ccccc1F. The van der Waals surface area contributed by atoms with Crippen LogP contribution in [0.4, 0.5) is 4.39 Å². The molecule has 1 N–H and O–H groups in total. The molecule has 0 saturated heterocycles. The number of H-pyrrole nitrogens is 1. The van der Waals surface area contributed by atoms with Crippen molar-refractivity contribution in [3.8, 4) is 0 Å². The molecule has 1 aromatic carbocycles. The smallest absolute Gasteiger partial charge is 0.247 e. The topological polar surface area (TPSA) is 66.1 Å². The number of halogens is 1. The first-order valence-corrected chi connectivity index (χ1v) is 7.95. The first-order valence-electron chi connectivity index (χ1n) is 6.51.